The second-order valence-corrected chi connectivity index (χ2v) is 6.20. The van der Waals surface area contributed by atoms with Crippen LogP contribution in [0.4, 0.5) is 0 Å². The number of aromatic carboxylic acids is 1. The summed E-state index contributed by atoms with van der Waals surface area (Å²) in [5.41, 5.74) is -0.440. The summed E-state index contributed by atoms with van der Waals surface area (Å²) in [5, 5.41) is 16.4. The smallest absolute Gasteiger partial charge is 0.340 e. The van der Waals surface area contributed by atoms with Gasteiger partial charge in [-0.2, -0.15) is 9.40 Å². The Balaban J connectivity index is 3.01. The van der Waals surface area contributed by atoms with E-state index in [1.54, 1.807) is 6.92 Å². The Morgan fingerprint density at radius 1 is 1.55 bits per heavy atom. The van der Waals surface area contributed by atoms with Gasteiger partial charge >= 0.3 is 5.97 Å². The number of aromatic amines is 1. The number of rotatable bonds is 6. The first kappa shape index (κ1) is 16.1. The minimum absolute atomic E-state index is 0.0832. The Labute approximate surface area is 116 Å². The normalized spacial score (nSPS) is 13.2. The predicted octanol–water partition coefficient (Wildman–Crippen LogP) is -0.889. The molecule has 1 aromatic rings. The van der Waals surface area contributed by atoms with E-state index in [4.69, 9.17) is 5.11 Å². The third-order valence-electron chi connectivity index (χ3n) is 2.73. The number of carboxylic acids is 1. The maximum absolute atomic E-state index is 12.2. The third-order valence-corrected chi connectivity index (χ3v) is 4.52. The van der Waals surface area contributed by atoms with E-state index < -0.39 is 32.5 Å². The number of nitrogens with zero attached hydrogens (tertiary/aromatic N) is 2. The lowest BCUT2D eigenvalue weighted by Crippen LogP contribution is -2.37. The fourth-order valence-electron chi connectivity index (χ4n) is 1.59. The molecule has 0 saturated heterocycles. The lowest BCUT2D eigenvalue weighted by Gasteiger charge is -2.19. The number of carboxylic acid groups (broad SMARTS) is 1. The van der Waals surface area contributed by atoms with E-state index in [0.717, 1.165) is 10.5 Å². The third kappa shape index (κ3) is 3.14. The molecule has 0 aliphatic rings. The van der Waals surface area contributed by atoms with Gasteiger partial charge in [-0.25, -0.2) is 13.2 Å². The van der Waals surface area contributed by atoms with Gasteiger partial charge in [0.2, 0.25) is 5.91 Å². The van der Waals surface area contributed by atoms with Crippen molar-refractivity contribution in [3.63, 3.8) is 0 Å². The number of carbonyl (C=O) groups is 2. The van der Waals surface area contributed by atoms with E-state index in [-0.39, 0.29) is 12.5 Å². The van der Waals surface area contributed by atoms with Crippen LogP contribution in [-0.2, 0) is 14.8 Å². The predicted molar refractivity (Wildman–Crippen MR) is 68.6 cm³/mol. The molecule has 1 unspecified atom stereocenters. The van der Waals surface area contributed by atoms with E-state index in [9.17, 15) is 18.0 Å². The summed E-state index contributed by atoms with van der Waals surface area (Å²) in [4.78, 5) is 22.3. The van der Waals surface area contributed by atoms with E-state index in [1.165, 1.54) is 14.1 Å². The van der Waals surface area contributed by atoms with Crippen molar-refractivity contribution in [3.8, 4) is 0 Å². The van der Waals surface area contributed by atoms with Gasteiger partial charge in [0.1, 0.15) is 5.56 Å². The zero-order valence-electron chi connectivity index (χ0n) is 11.2. The second-order valence-electron chi connectivity index (χ2n) is 4.22. The van der Waals surface area contributed by atoms with Crippen molar-refractivity contribution in [1.29, 1.82) is 0 Å². The fraction of sp³-hybridized carbons (Fsp3) is 0.500. The Morgan fingerprint density at radius 3 is 2.65 bits per heavy atom. The molecule has 1 amide bonds. The summed E-state index contributed by atoms with van der Waals surface area (Å²) in [7, 11) is -1.34. The van der Waals surface area contributed by atoms with E-state index in [0.29, 0.717) is 0 Å². The van der Waals surface area contributed by atoms with Crippen LogP contribution in [0.3, 0.4) is 0 Å². The molecule has 1 aromatic heterocycles. The van der Waals surface area contributed by atoms with Crippen molar-refractivity contribution in [1.82, 2.24) is 19.8 Å². The Morgan fingerprint density at radius 2 is 2.15 bits per heavy atom. The van der Waals surface area contributed by atoms with Gasteiger partial charge in [-0.1, -0.05) is 6.92 Å². The van der Waals surface area contributed by atoms with Crippen molar-refractivity contribution >= 4 is 21.9 Å². The molecule has 0 aliphatic carbocycles. The second kappa shape index (κ2) is 6.01. The average molecular weight is 304 g/mol. The van der Waals surface area contributed by atoms with Crippen molar-refractivity contribution in [2.75, 3.05) is 20.6 Å². The van der Waals surface area contributed by atoms with Gasteiger partial charge in [0.15, 0.2) is 5.03 Å². The highest BCUT2D eigenvalue weighted by Gasteiger charge is 2.30. The van der Waals surface area contributed by atoms with Crippen molar-refractivity contribution in [2.45, 2.75) is 11.9 Å². The van der Waals surface area contributed by atoms with Gasteiger partial charge < -0.3 is 10.4 Å². The van der Waals surface area contributed by atoms with Gasteiger partial charge in [0, 0.05) is 26.6 Å². The Kier molecular flexibility index (Phi) is 4.84. The number of hydrogen-bond acceptors (Lipinski definition) is 5. The van der Waals surface area contributed by atoms with Gasteiger partial charge in [-0.3, -0.25) is 9.89 Å². The zero-order chi connectivity index (χ0) is 15.5. The summed E-state index contributed by atoms with van der Waals surface area (Å²) >= 11 is 0. The van der Waals surface area contributed by atoms with E-state index >= 15 is 0 Å². The SMILES string of the molecule is CNC(=O)C(C)CN(C)S(=O)(=O)c1[nH]ncc1C(=O)O. The molecule has 9 nitrogen and oxygen atoms in total. The van der Waals surface area contributed by atoms with Crippen molar-refractivity contribution < 1.29 is 23.1 Å². The molecule has 0 radical (unpaired) electrons. The highest BCUT2D eigenvalue weighted by Crippen LogP contribution is 2.17. The number of amides is 1. The first-order valence-corrected chi connectivity index (χ1v) is 7.10. The van der Waals surface area contributed by atoms with Crippen LogP contribution >= 0.6 is 0 Å². The molecule has 1 rings (SSSR count). The zero-order valence-corrected chi connectivity index (χ0v) is 12.1. The number of hydrogen-bond donors (Lipinski definition) is 3. The maximum Gasteiger partial charge on any atom is 0.340 e. The Bertz CT molecular complexity index is 609. The highest BCUT2D eigenvalue weighted by molar-refractivity contribution is 7.89. The van der Waals surface area contributed by atoms with Crippen molar-refractivity contribution in [3.05, 3.63) is 11.8 Å². The quantitative estimate of drug-likeness (QED) is 0.624. The number of aromatic nitrogens is 2. The molecule has 0 aromatic carbocycles. The largest absolute Gasteiger partial charge is 0.478 e. The van der Waals surface area contributed by atoms with Gasteiger partial charge in [0.05, 0.1) is 6.20 Å². The van der Waals surface area contributed by atoms with Crippen LogP contribution in [0, 0.1) is 5.92 Å². The number of H-pyrrole nitrogens is 1. The molecular formula is C10H16N4O5S. The van der Waals surface area contributed by atoms with E-state index in [2.05, 4.69) is 15.5 Å². The van der Waals surface area contributed by atoms with Crippen molar-refractivity contribution in [2.24, 2.45) is 5.92 Å². The molecule has 0 aliphatic heterocycles. The van der Waals surface area contributed by atoms with Crippen LogP contribution < -0.4 is 5.32 Å². The van der Waals surface area contributed by atoms with Gasteiger partial charge in [-0.15, -0.1) is 0 Å². The molecule has 10 heteroatoms. The molecule has 3 N–H and O–H groups in total. The summed E-state index contributed by atoms with van der Waals surface area (Å²) in [6.45, 7) is 1.48. The molecule has 112 valence electrons. The summed E-state index contributed by atoms with van der Waals surface area (Å²) in [6.07, 6.45) is 0.922. The lowest BCUT2D eigenvalue weighted by atomic mass is 10.2. The molecule has 0 spiro atoms. The topological polar surface area (TPSA) is 132 Å². The minimum Gasteiger partial charge on any atom is -0.478 e. The standard InChI is InChI=1S/C10H16N4O5S/c1-6(8(15)11-2)5-14(3)20(18,19)9-7(10(16)17)4-12-13-9/h4,6H,5H2,1-3H3,(H,11,15)(H,12,13)(H,16,17). The summed E-state index contributed by atoms with van der Waals surface area (Å²) in [6, 6.07) is 0. The van der Waals surface area contributed by atoms with Crippen LogP contribution in [0.1, 0.15) is 17.3 Å². The van der Waals surface area contributed by atoms with Gasteiger partial charge in [0.25, 0.3) is 10.0 Å². The molecule has 1 heterocycles. The molecule has 0 saturated carbocycles. The molecule has 1 atom stereocenters. The summed E-state index contributed by atoms with van der Waals surface area (Å²) < 4.78 is 25.4. The maximum atomic E-state index is 12.2. The number of carbonyl (C=O) groups excluding carboxylic acids is 1. The van der Waals surface area contributed by atoms with Crippen LogP contribution in [0.5, 0.6) is 0 Å². The first-order valence-electron chi connectivity index (χ1n) is 5.66. The van der Waals surface area contributed by atoms with Crippen LogP contribution in [0.2, 0.25) is 0 Å². The average Bonchev–Trinajstić information content (AvgIpc) is 2.87. The number of nitrogens with one attached hydrogen (secondary N) is 2. The lowest BCUT2D eigenvalue weighted by molar-refractivity contribution is -0.124. The molecule has 20 heavy (non-hydrogen) atoms. The molecule has 0 bridgehead atoms. The minimum atomic E-state index is -4.05. The van der Waals surface area contributed by atoms with E-state index in [1.807, 2.05) is 0 Å². The van der Waals surface area contributed by atoms with Crippen LogP contribution in [-0.4, -0.2) is 60.5 Å². The highest BCUT2D eigenvalue weighted by atomic mass is 32.2. The fourth-order valence-corrected chi connectivity index (χ4v) is 2.91. The summed E-state index contributed by atoms with van der Waals surface area (Å²) in [5.74, 6) is -2.28. The number of sulfonamides is 1. The monoisotopic (exact) mass is 304 g/mol. The van der Waals surface area contributed by atoms with Crippen LogP contribution in [0.15, 0.2) is 11.2 Å². The van der Waals surface area contributed by atoms with Gasteiger partial charge in [-0.05, 0) is 0 Å². The van der Waals surface area contributed by atoms with Crippen LogP contribution in [0.25, 0.3) is 0 Å². The Hall–Kier alpha value is -1.94. The molecule has 0 fully saturated rings. The molecular weight excluding hydrogens is 288 g/mol. The first-order chi connectivity index (χ1) is 9.21.